The van der Waals surface area contributed by atoms with E-state index in [1.165, 1.54) is 7.11 Å². The molecule has 2 N–H and O–H groups in total. The molecule has 1 aliphatic heterocycles. The van der Waals surface area contributed by atoms with Gasteiger partial charge in [-0.25, -0.2) is 9.37 Å². The number of aliphatic hydroxyl groups is 1. The van der Waals surface area contributed by atoms with Gasteiger partial charge in [-0.3, -0.25) is 14.3 Å². The number of aliphatic hydroxyl groups excluding tert-OH is 1. The van der Waals surface area contributed by atoms with Crippen LogP contribution in [0.25, 0.3) is 11.3 Å². The molecular formula is C34H44FN5O5. The lowest BCUT2D eigenvalue weighted by Gasteiger charge is -2.34. The smallest absolute Gasteiger partial charge is 0.306 e. The average molecular weight is 622 g/mol. The van der Waals surface area contributed by atoms with Gasteiger partial charge in [-0.2, -0.15) is 5.10 Å². The number of ether oxygens (including phenoxy) is 2. The Labute approximate surface area is 263 Å². The second-order valence-corrected chi connectivity index (χ2v) is 13.6. The van der Waals surface area contributed by atoms with E-state index < -0.39 is 17.0 Å². The Morgan fingerprint density at radius 1 is 1.22 bits per heavy atom. The molecule has 0 spiro atoms. The van der Waals surface area contributed by atoms with Crippen LogP contribution in [0.4, 0.5) is 10.2 Å². The summed E-state index contributed by atoms with van der Waals surface area (Å²) in [5.74, 6) is -0.665. The highest BCUT2D eigenvalue weighted by Crippen LogP contribution is 2.47. The summed E-state index contributed by atoms with van der Waals surface area (Å²) < 4.78 is 29.6. The van der Waals surface area contributed by atoms with Crippen LogP contribution in [-0.4, -0.2) is 55.4 Å². The molecule has 5 rings (SSSR count). The number of aryl methyl sites for hydroxylation is 1. The largest absolute Gasteiger partial charge is 0.496 e. The molecule has 1 fully saturated rings. The zero-order chi connectivity index (χ0) is 32.7. The molecule has 45 heavy (non-hydrogen) atoms. The number of amides is 1. The van der Waals surface area contributed by atoms with Gasteiger partial charge in [0.25, 0.3) is 5.91 Å². The number of hydrogen-bond donors (Lipinski definition) is 2. The van der Waals surface area contributed by atoms with E-state index >= 15 is 4.39 Å². The Kier molecular flexibility index (Phi) is 8.95. The van der Waals surface area contributed by atoms with Crippen LogP contribution in [0.2, 0.25) is 0 Å². The molecule has 1 amide bonds. The predicted molar refractivity (Wildman–Crippen MR) is 168 cm³/mol. The Hall–Kier alpha value is -3.99. The molecule has 1 aliphatic carbocycles. The van der Waals surface area contributed by atoms with Crippen molar-refractivity contribution in [3.8, 4) is 17.0 Å². The first-order valence-electron chi connectivity index (χ1n) is 15.5. The van der Waals surface area contributed by atoms with E-state index in [9.17, 15) is 14.7 Å². The fourth-order valence-electron chi connectivity index (χ4n) is 6.59. The molecular weight excluding hydrogens is 577 g/mol. The monoisotopic (exact) mass is 621 g/mol. The Bertz CT molecular complexity index is 1590. The average Bonchev–Trinajstić information content (AvgIpc) is 3.49. The molecule has 10 nitrogen and oxygen atoms in total. The van der Waals surface area contributed by atoms with Crippen molar-refractivity contribution in [3.63, 3.8) is 0 Å². The van der Waals surface area contributed by atoms with Crippen LogP contribution in [0.5, 0.6) is 5.75 Å². The molecule has 3 heterocycles. The lowest BCUT2D eigenvalue weighted by Crippen LogP contribution is -2.39. The summed E-state index contributed by atoms with van der Waals surface area (Å²) >= 11 is 0. The number of nitrogens with one attached hydrogen (secondary N) is 1. The van der Waals surface area contributed by atoms with Gasteiger partial charge in [0.05, 0.1) is 49.7 Å². The number of esters is 1. The number of carbonyl (C=O) groups is 2. The van der Waals surface area contributed by atoms with Crippen LogP contribution >= 0.6 is 0 Å². The Morgan fingerprint density at radius 3 is 2.60 bits per heavy atom. The molecule has 0 saturated heterocycles. The van der Waals surface area contributed by atoms with Crippen molar-refractivity contribution < 1.29 is 28.6 Å². The van der Waals surface area contributed by atoms with E-state index in [2.05, 4.69) is 10.4 Å². The quantitative estimate of drug-likeness (QED) is 0.292. The van der Waals surface area contributed by atoms with E-state index in [-0.39, 0.29) is 60.4 Å². The number of pyridine rings is 1. The number of nitrogens with zero attached hydrogens (tertiary/aromatic N) is 4. The zero-order valence-electron chi connectivity index (χ0n) is 27.2. The SMILES string of the molecule is COc1cc(CO)ccc1CN1C(=O)c2c(-c3cnn(C)c3)nc(N[C@@H]3CCCC[C@@H]3CC(=O)OC(C)(C)C)c(F)c2C1(C)C. The number of anilines is 1. The number of carbonyl (C=O) groups excluding carboxylic acids is 2. The van der Waals surface area contributed by atoms with Crippen molar-refractivity contribution in [3.05, 3.63) is 58.7 Å². The normalized spacial score (nSPS) is 19.4. The number of rotatable bonds is 9. The molecule has 0 unspecified atom stereocenters. The third-order valence-electron chi connectivity index (χ3n) is 8.80. The minimum Gasteiger partial charge on any atom is -0.496 e. The summed E-state index contributed by atoms with van der Waals surface area (Å²) in [6.07, 6.45) is 7.10. The maximum absolute atomic E-state index is 16.8. The number of fused-ring (bicyclic) bond motifs is 1. The highest BCUT2D eigenvalue weighted by molar-refractivity contribution is 6.05. The van der Waals surface area contributed by atoms with Gasteiger partial charge >= 0.3 is 5.97 Å². The number of aromatic nitrogens is 3. The second-order valence-electron chi connectivity index (χ2n) is 13.6. The van der Waals surface area contributed by atoms with E-state index in [4.69, 9.17) is 14.5 Å². The van der Waals surface area contributed by atoms with E-state index in [1.807, 2.05) is 40.7 Å². The lowest BCUT2D eigenvalue weighted by molar-refractivity contribution is -0.156. The van der Waals surface area contributed by atoms with Crippen LogP contribution in [0, 0.1) is 11.7 Å². The van der Waals surface area contributed by atoms with Gasteiger partial charge in [0.15, 0.2) is 11.6 Å². The summed E-state index contributed by atoms with van der Waals surface area (Å²) in [6.45, 7) is 9.21. The van der Waals surface area contributed by atoms with Crippen LogP contribution in [0.1, 0.15) is 93.8 Å². The van der Waals surface area contributed by atoms with Crippen LogP contribution < -0.4 is 10.1 Å². The van der Waals surface area contributed by atoms with Crippen LogP contribution in [-0.2, 0) is 35.3 Å². The third-order valence-corrected chi connectivity index (χ3v) is 8.80. The summed E-state index contributed by atoms with van der Waals surface area (Å²) in [5, 5.41) is 17.3. The molecule has 242 valence electrons. The minimum absolute atomic E-state index is 0.0506. The summed E-state index contributed by atoms with van der Waals surface area (Å²) in [7, 11) is 3.31. The first-order chi connectivity index (χ1) is 21.2. The fraction of sp³-hybridized carbons (Fsp3) is 0.529. The standard InChI is InChI=1S/C34H44FN5O5/c1-33(2,3)45-26(42)15-21-10-8-9-11-24(21)37-31-29(35)28-27(30(38-31)23-16-36-39(6)17-23)32(43)40(34(28,4)5)18-22-13-12-20(19-41)14-25(22)44-7/h12-14,16-17,21,24,41H,8-11,15,18-19H2,1-7H3,(H,37,38)/t21-,24-/m1/s1. The highest BCUT2D eigenvalue weighted by atomic mass is 19.1. The van der Waals surface area contributed by atoms with E-state index in [0.29, 0.717) is 22.6 Å². The summed E-state index contributed by atoms with van der Waals surface area (Å²) in [6, 6.07) is 5.13. The predicted octanol–water partition coefficient (Wildman–Crippen LogP) is 5.72. The van der Waals surface area contributed by atoms with Crippen molar-refractivity contribution >= 4 is 17.7 Å². The van der Waals surface area contributed by atoms with Gasteiger partial charge in [-0.15, -0.1) is 0 Å². The van der Waals surface area contributed by atoms with E-state index in [0.717, 1.165) is 31.2 Å². The first-order valence-corrected chi connectivity index (χ1v) is 15.5. The Balaban J connectivity index is 1.55. The van der Waals surface area contributed by atoms with Gasteiger partial charge in [0, 0.05) is 36.0 Å². The fourth-order valence-corrected chi connectivity index (χ4v) is 6.59. The van der Waals surface area contributed by atoms with Crippen molar-refractivity contribution in [2.45, 2.75) is 97.1 Å². The molecule has 2 aliphatic rings. The molecule has 2 aromatic heterocycles. The Morgan fingerprint density at radius 2 is 1.96 bits per heavy atom. The lowest BCUT2D eigenvalue weighted by atomic mass is 9.82. The molecule has 11 heteroatoms. The number of hydrogen-bond acceptors (Lipinski definition) is 8. The number of halogens is 1. The maximum atomic E-state index is 16.8. The zero-order valence-corrected chi connectivity index (χ0v) is 27.2. The van der Waals surface area contributed by atoms with Crippen molar-refractivity contribution in [2.24, 2.45) is 13.0 Å². The molecule has 0 bridgehead atoms. The maximum Gasteiger partial charge on any atom is 0.306 e. The van der Waals surface area contributed by atoms with Gasteiger partial charge in [-0.1, -0.05) is 25.0 Å². The van der Waals surface area contributed by atoms with E-state index in [1.54, 1.807) is 41.2 Å². The molecule has 2 atom stereocenters. The van der Waals surface area contributed by atoms with Crippen molar-refractivity contribution in [1.82, 2.24) is 19.7 Å². The van der Waals surface area contributed by atoms with Crippen LogP contribution in [0.15, 0.2) is 30.6 Å². The summed E-state index contributed by atoms with van der Waals surface area (Å²) in [5.41, 5.74) is 1.19. The molecule has 3 aromatic rings. The van der Waals surface area contributed by atoms with Gasteiger partial charge < -0.3 is 24.8 Å². The second kappa shape index (κ2) is 12.4. The molecule has 1 aromatic carbocycles. The highest BCUT2D eigenvalue weighted by Gasteiger charge is 2.48. The first kappa shape index (κ1) is 32.4. The molecule has 1 saturated carbocycles. The van der Waals surface area contributed by atoms with Crippen molar-refractivity contribution in [1.29, 1.82) is 0 Å². The summed E-state index contributed by atoms with van der Waals surface area (Å²) in [4.78, 5) is 33.4. The third kappa shape index (κ3) is 6.54. The topological polar surface area (TPSA) is 119 Å². The minimum atomic E-state index is -1.05. The van der Waals surface area contributed by atoms with Gasteiger partial charge in [0.1, 0.15) is 11.4 Å². The number of benzene rings is 1. The molecule has 0 radical (unpaired) electrons. The van der Waals surface area contributed by atoms with Crippen LogP contribution in [0.3, 0.4) is 0 Å². The van der Waals surface area contributed by atoms with Gasteiger partial charge in [0.2, 0.25) is 0 Å². The number of methoxy groups -OCH3 is 1. The van der Waals surface area contributed by atoms with Gasteiger partial charge in [-0.05, 0) is 65.0 Å². The van der Waals surface area contributed by atoms with Crippen molar-refractivity contribution in [2.75, 3.05) is 12.4 Å².